The molecule has 0 saturated carbocycles. The molecular formula is C14H21ClN4O4S. The van der Waals surface area contributed by atoms with Gasteiger partial charge in [0.25, 0.3) is 16.1 Å². The second-order valence-electron chi connectivity index (χ2n) is 5.55. The average molecular weight is 377 g/mol. The van der Waals surface area contributed by atoms with Gasteiger partial charge in [0.05, 0.1) is 0 Å². The lowest BCUT2D eigenvalue weighted by atomic mass is 10.2. The zero-order chi connectivity index (χ0) is 18.0. The van der Waals surface area contributed by atoms with Crippen molar-refractivity contribution in [3.8, 4) is 0 Å². The topological polar surface area (TPSA) is 116 Å². The van der Waals surface area contributed by atoms with Crippen LogP contribution in [0.1, 0.15) is 13.3 Å². The average Bonchev–Trinajstić information content (AvgIpc) is 2.55. The van der Waals surface area contributed by atoms with Gasteiger partial charge < -0.3 is 15.7 Å². The van der Waals surface area contributed by atoms with Gasteiger partial charge in [-0.2, -0.15) is 17.4 Å². The molecule has 1 unspecified atom stereocenters. The number of anilines is 1. The van der Waals surface area contributed by atoms with Crippen molar-refractivity contribution in [2.75, 3.05) is 31.1 Å². The zero-order valence-electron chi connectivity index (χ0n) is 13.3. The van der Waals surface area contributed by atoms with Crippen LogP contribution < -0.4 is 15.4 Å². The number of nitrogens with one attached hydrogen (secondary N) is 1. The van der Waals surface area contributed by atoms with E-state index in [0.717, 1.165) is 5.69 Å². The zero-order valence-corrected chi connectivity index (χ0v) is 14.8. The maximum Gasteiger partial charge on any atom is 0.282 e. The molecule has 2 rings (SSSR count). The summed E-state index contributed by atoms with van der Waals surface area (Å²) >= 11 is 5.86. The number of primary amides is 1. The van der Waals surface area contributed by atoms with Gasteiger partial charge >= 0.3 is 0 Å². The lowest BCUT2D eigenvalue weighted by molar-refractivity contribution is -0.137. The fraction of sp³-hybridized carbons (Fsp3) is 0.500. The van der Waals surface area contributed by atoms with Crippen molar-refractivity contribution < 1.29 is 18.3 Å². The third kappa shape index (κ3) is 4.17. The monoisotopic (exact) mass is 376 g/mol. The van der Waals surface area contributed by atoms with Crippen molar-refractivity contribution >= 4 is 33.4 Å². The van der Waals surface area contributed by atoms with Crippen molar-refractivity contribution in [3.05, 3.63) is 29.3 Å². The van der Waals surface area contributed by atoms with Crippen LogP contribution in [0.4, 0.5) is 5.69 Å². The normalized spacial score (nSPS) is 19.0. The Morgan fingerprint density at radius 2 is 1.83 bits per heavy atom. The highest BCUT2D eigenvalue weighted by Crippen LogP contribution is 2.20. The van der Waals surface area contributed by atoms with Crippen LogP contribution in [0.3, 0.4) is 0 Å². The first-order valence-corrected chi connectivity index (χ1v) is 9.31. The third-order valence-corrected chi connectivity index (χ3v) is 5.88. The van der Waals surface area contributed by atoms with Crippen LogP contribution in [-0.4, -0.2) is 55.6 Å². The summed E-state index contributed by atoms with van der Waals surface area (Å²) in [5.41, 5.74) is 3.74. The number of carbonyl (C=O) groups excluding carboxylic acids is 1. The van der Waals surface area contributed by atoms with Gasteiger partial charge in [0.2, 0.25) is 5.72 Å². The van der Waals surface area contributed by atoms with E-state index in [0.29, 0.717) is 18.1 Å². The summed E-state index contributed by atoms with van der Waals surface area (Å²) in [7, 11) is -4.03. The van der Waals surface area contributed by atoms with Crippen molar-refractivity contribution in [1.29, 1.82) is 0 Å². The van der Waals surface area contributed by atoms with Crippen LogP contribution in [0.2, 0.25) is 5.02 Å². The summed E-state index contributed by atoms with van der Waals surface area (Å²) in [6, 6.07) is 7.28. The maximum absolute atomic E-state index is 12.4. The van der Waals surface area contributed by atoms with Crippen molar-refractivity contribution in [3.63, 3.8) is 0 Å². The highest BCUT2D eigenvalue weighted by Gasteiger charge is 2.39. The molecule has 4 N–H and O–H groups in total. The van der Waals surface area contributed by atoms with E-state index in [1.165, 1.54) is 11.2 Å². The van der Waals surface area contributed by atoms with Gasteiger partial charge in [-0.05, 0) is 30.7 Å². The molecule has 8 nitrogen and oxygen atoms in total. The highest BCUT2D eigenvalue weighted by atomic mass is 35.5. The number of nitrogens with zero attached hydrogens (tertiary/aromatic N) is 2. The molecule has 0 aliphatic carbocycles. The number of aliphatic hydroxyl groups is 1. The van der Waals surface area contributed by atoms with E-state index < -0.39 is 21.8 Å². The van der Waals surface area contributed by atoms with Gasteiger partial charge in [0, 0.05) is 36.9 Å². The van der Waals surface area contributed by atoms with Crippen LogP contribution in [-0.2, 0) is 15.0 Å². The van der Waals surface area contributed by atoms with Crippen molar-refractivity contribution in [2.45, 2.75) is 19.1 Å². The Morgan fingerprint density at radius 1 is 1.29 bits per heavy atom. The Hall–Kier alpha value is -1.39. The highest BCUT2D eigenvalue weighted by molar-refractivity contribution is 7.87. The third-order valence-electron chi connectivity index (χ3n) is 3.99. The number of nitrogens with two attached hydrogens (primary N) is 1. The minimum atomic E-state index is -4.03. The van der Waals surface area contributed by atoms with Gasteiger partial charge in [0.15, 0.2) is 0 Å². The number of amides is 1. The molecule has 1 amide bonds. The number of halogens is 1. The fourth-order valence-electron chi connectivity index (χ4n) is 2.41. The van der Waals surface area contributed by atoms with Gasteiger partial charge in [-0.3, -0.25) is 4.79 Å². The molecule has 0 aromatic heterocycles. The van der Waals surface area contributed by atoms with E-state index in [4.69, 9.17) is 17.3 Å². The summed E-state index contributed by atoms with van der Waals surface area (Å²) in [5.74, 6) is -1.13. The molecule has 1 atom stereocenters. The maximum atomic E-state index is 12.4. The number of hydrogen-bond acceptors (Lipinski definition) is 5. The molecule has 0 bridgehead atoms. The molecule has 1 heterocycles. The standard InChI is InChI=1S/C14H21ClN4O4S/c1-2-14(21,13(16)20)17-24(22,23)19-9-7-18(8-10-19)12-5-3-11(15)4-6-12/h3-6,17,21H,2,7-10H2,1H3,(H2,16,20). The largest absolute Gasteiger partial charge is 0.369 e. The second-order valence-corrected chi connectivity index (χ2v) is 7.65. The Labute approximate surface area is 146 Å². The molecule has 1 aliphatic heterocycles. The minimum absolute atomic E-state index is 0.160. The summed E-state index contributed by atoms with van der Waals surface area (Å²) in [4.78, 5) is 13.3. The minimum Gasteiger partial charge on any atom is -0.369 e. The molecule has 0 radical (unpaired) electrons. The lowest BCUT2D eigenvalue weighted by Crippen LogP contribution is -2.62. The van der Waals surface area contributed by atoms with Crippen LogP contribution in [0.15, 0.2) is 24.3 Å². The number of carbonyl (C=O) groups is 1. The predicted molar refractivity (Wildman–Crippen MR) is 91.7 cm³/mol. The number of rotatable bonds is 6. The molecule has 10 heteroatoms. The fourth-order valence-corrected chi connectivity index (χ4v) is 3.98. The Balaban J connectivity index is 2.02. The first-order valence-electron chi connectivity index (χ1n) is 7.50. The quantitative estimate of drug-likeness (QED) is 0.598. The molecule has 1 saturated heterocycles. The summed E-state index contributed by atoms with van der Waals surface area (Å²) in [6.07, 6.45) is -0.160. The Morgan fingerprint density at radius 3 is 2.29 bits per heavy atom. The molecule has 1 fully saturated rings. The molecule has 1 aliphatic rings. The van der Waals surface area contributed by atoms with Gasteiger partial charge in [-0.25, -0.2) is 0 Å². The summed E-state index contributed by atoms with van der Waals surface area (Å²) in [5, 5.41) is 10.6. The van der Waals surface area contributed by atoms with Crippen LogP contribution >= 0.6 is 11.6 Å². The van der Waals surface area contributed by atoms with E-state index in [1.807, 2.05) is 21.8 Å². The van der Waals surface area contributed by atoms with E-state index >= 15 is 0 Å². The lowest BCUT2D eigenvalue weighted by Gasteiger charge is -2.36. The summed E-state index contributed by atoms with van der Waals surface area (Å²) < 4.78 is 27.9. The Bertz CT molecular complexity index is 689. The number of hydrogen-bond donors (Lipinski definition) is 3. The van der Waals surface area contributed by atoms with Crippen molar-refractivity contribution in [1.82, 2.24) is 9.03 Å². The Kier molecular flexibility index (Phi) is 5.71. The molecular weight excluding hydrogens is 356 g/mol. The smallest absolute Gasteiger partial charge is 0.282 e. The molecule has 1 aromatic carbocycles. The SMILES string of the molecule is CCC(O)(NS(=O)(=O)N1CCN(c2ccc(Cl)cc2)CC1)C(N)=O. The number of benzene rings is 1. The van der Waals surface area contributed by atoms with E-state index in [1.54, 1.807) is 12.1 Å². The van der Waals surface area contributed by atoms with Crippen LogP contribution in [0.5, 0.6) is 0 Å². The van der Waals surface area contributed by atoms with E-state index in [2.05, 4.69) is 0 Å². The molecule has 134 valence electrons. The second kappa shape index (κ2) is 7.24. The van der Waals surface area contributed by atoms with E-state index in [-0.39, 0.29) is 19.5 Å². The molecule has 24 heavy (non-hydrogen) atoms. The first-order chi connectivity index (χ1) is 11.2. The molecule has 1 aromatic rings. The first kappa shape index (κ1) is 18.9. The summed E-state index contributed by atoms with van der Waals surface area (Å²) in [6.45, 7) is 2.85. The number of piperazine rings is 1. The van der Waals surface area contributed by atoms with Crippen LogP contribution in [0, 0.1) is 0 Å². The van der Waals surface area contributed by atoms with Gasteiger partial charge in [0.1, 0.15) is 0 Å². The van der Waals surface area contributed by atoms with Crippen LogP contribution in [0.25, 0.3) is 0 Å². The van der Waals surface area contributed by atoms with Crippen molar-refractivity contribution in [2.24, 2.45) is 5.73 Å². The van der Waals surface area contributed by atoms with Gasteiger partial charge in [-0.1, -0.05) is 18.5 Å². The van der Waals surface area contributed by atoms with E-state index in [9.17, 15) is 18.3 Å². The predicted octanol–water partition coefficient (Wildman–Crippen LogP) is -0.120. The molecule has 0 spiro atoms. The van der Waals surface area contributed by atoms with Gasteiger partial charge in [-0.15, -0.1) is 0 Å².